The summed E-state index contributed by atoms with van der Waals surface area (Å²) in [7, 11) is 0. The molecule has 0 radical (unpaired) electrons. The van der Waals surface area contributed by atoms with Gasteiger partial charge >= 0.3 is 0 Å². The predicted octanol–water partition coefficient (Wildman–Crippen LogP) is 4.36. The molecule has 0 saturated carbocycles. The van der Waals surface area contributed by atoms with Gasteiger partial charge in [0.05, 0.1) is 12.8 Å². The highest BCUT2D eigenvalue weighted by atomic mass is 32.1. The average Bonchev–Trinajstić information content (AvgIpc) is 3.06. The van der Waals surface area contributed by atoms with E-state index < -0.39 is 0 Å². The maximum atomic E-state index is 5.93. The molecule has 0 aliphatic heterocycles. The Kier molecular flexibility index (Phi) is 6.38. The summed E-state index contributed by atoms with van der Waals surface area (Å²) in [6.07, 6.45) is 2.47. The van der Waals surface area contributed by atoms with Crippen LogP contribution in [0.25, 0.3) is 0 Å². The van der Waals surface area contributed by atoms with Crippen LogP contribution in [-0.4, -0.2) is 27.7 Å². The minimum absolute atomic E-state index is 0.468. The quantitative estimate of drug-likeness (QED) is 0.464. The van der Waals surface area contributed by atoms with Crippen molar-refractivity contribution in [2.45, 2.75) is 26.9 Å². The molecule has 3 rings (SSSR count). The largest absolute Gasteiger partial charge is 0.490 e. The van der Waals surface area contributed by atoms with Crippen LogP contribution in [0.3, 0.4) is 0 Å². The number of H-pyrrole nitrogens is 1. The fourth-order valence-corrected chi connectivity index (χ4v) is 2.72. The number of rotatable bonds is 8. The molecule has 1 aromatic heterocycles. The van der Waals surface area contributed by atoms with Gasteiger partial charge in [0, 0.05) is 6.42 Å². The lowest BCUT2D eigenvalue weighted by Gasteiger charge is -2.12. The van der Waals surface area contributed by atoms with Crippen molar-refractivity contribution in [1.82, 2.24) is 14.9 Å². The van der Waals surface area contributed by atoms with E-state index in [1.807, 2.05) is 62.4 Å². The maximum absolute atomic E-state index is 5.93. The van der Waals surface area contributed by atoms with Crippen LogP contribution in [0.5, 0.6) is 11.5 Å². The van der Waals surface area contributed by atoms with Crippen molar-refractivity contribution in [3.8, 4) is 11.5 Å². The Bertz CT molecular complexity index is 964. The molecule has 2 aromatic carbocycles. The molecular weight excluding hydrogens is 360 g/mol. The second-order valence-electron chi connectivity index (χ2n) is 5.77. The lowest BCUT2D eigenvalue weighted by atomic mass is 10.2. The van der Waals surface area contributed by atoms with E-state index in [2.05, 4.69) is 15.3 Å². The number of aryl methyl sites for hydroxylation is 1. The Morgan fingerprint density at radius 1 is 1.11 bits per heavy atom. The van der Waals surface area contributed by atoms with Crippen LogP contribution in [0, 0.1) is 4.77 Å². The molecular formula is C20H22N4O2S. The molecule has 0 aliphatic rings. The summed E-state index contributed by atoms with van der Waals surface area (Å²) >= 11 is 5.21. The van der Waals surface area contributed by atoms with Crippen LogP contribution < -0.4 is 9.47 Å². The maximum Gasteiger partial charge on any atom is 0.216 e. The van der Waals surface area contributed by atoms with Crippen molar-refractivity contribution < 1.29 is 9.47 Å². The SMILES string of the molecule is CCOc1cc(/C=N/n2c(CC)n[nH]c2=S)ccc1OCc1ccccc1. The number of aromatic nitrogens is 3. The second kappa shape index (κ2) is 9.14. The topological polar surface area (TPSA) is 64.4 Å². The first-order chi connectivity index (χ1) is 13.2. The highest BCUT2D eigenvalue weighted by molar-refractivity contribution is 7.71. The standard InChI is InChI=1S/C20H22N4O2S/c1-3-19-22-23-20(27)24(19)21-13-16-10-11-17(18(12-16)25-4-2)26-14-15-8-6-5-7-9-15/h5-13H,3-4,14H2,1-2H3,(H,23,27)/b21-13+. The van der Waals surface area contributed by atoms with Gasteiger partial charge < -0.3 is 9.47 Å². The van der Waals surface area contributed by atoms with E-state index >= 15 is 0 Å². The third-order valence-electron chi connectivity index (χ3n) is 3.86. The van der Waals surface area contributed by atoms with Crippen LogP contribution in [0.15, 0.2) is 53.6 Å². The van der Waals surface area contributed by atoms with Gasteiger partial charge in [0.15, 0.2) is 17.3 Å². The third kappa shape index (κ3) is 4.83. The Morgan fingerprint density at radius 2 is 1.93 bits per heavy atom. The van der Waals surface area contributed by atoms with E-state index in [9.17, 15) is 0 Å². The molecule has 0 saturated heterocycles. The molecule has 0 fully saturated rings. The number of aromatic amines is 1. The molecule has 6 nitrogen and oxygen atoms in total. The van der Waals surface area contributed by atoms with E-state index in [-0.39, 0.29) is 0 Å². The highest BCUT2D eigenvalue weighted by Gasteiger charge is 2.07. The van der Waals surface area contributed by atoms with Crippen LogP contribution in [0.2, 0.25) is 0 Å². The van der Waals surface area contributed by atoms with Gasteiger partial charge in [-0.3, -0.25) is 5.10 Å². The fraction of sp³-hybridized carbons (Fsp3) is 0.250. The number of nitrogens with zero attached hydrogens (tertiary/aromatic N) is 3. The second-order valence-corrected chi connectivity index (χ2v) is 6.16. The monoisotopic (exact) mass is 382 g/mol. The van der Waals surface area contributed by atoms with Crippen molar-refractivity contribution in [3.63, 3.8) is 0 Å². The molecule has 0 atom stereocenters. The number of nitrogens with one attached hydrogen (secondary N) is 1. The zero-order valence-electron chi connectivity index (χ0n) is 15.4. The first-order valence-electron chi connectivity index (χ1n) is 8.85. The van der Waals surface area contributed by atoms with Crippen LogP contribution >= 0.6 is 12.2 Å². The Hall–Kier alpha value is -2.93. The summed E-state index contributed by atoms with van der Waals surface area (Å²) in [6, 6.07) is 15.8. The normalized spacial score (nSPS) is 11.0. The smallest absolute Gasteiger partial charge is 0.216 e. The van der Waals surface area contributed by atoms with Crippen molar-refractivity contribution in [2.24, 2.45) is 5.10 Å². The van der Waals surface area contributed by atoms with Crippen LogP contribution in [0.1, 0.15) is 30.8 Å². The van der Waals surface area contributed by atoms with E-state index in [0.29, 0.717) is 29.5 Å². The number of benzene rings is 2. The van der Waals surface area contributed by atoms with E-state index in [1.54, 1.807) is 10.9 Å². The van der Waals surface area contributed by atoms with Crippen LogP contribution in [0.4, 0.5) is 0 Å². The molecule has 7 heteroatoms. The molecule has 1 N–H and O–H groups in total. The number of ether oxygens (including phenoxy) is 2. The van der Waals surface area contributed by atoms with E-state index in [1.165, 1.54) is 0 Å². The molecule has 0 unspecified atom stereocenters. The summed E-state index contributed by atoms with van der Waals surface area (Å²) < 4.78 is 13.8. The molecule has 0 bridgehead atoms. The van der Waals surface area contributed by atoms with Crippen molar-refractivity contribution in [2.75, 3.05) is 6.61 Å². The molecule has 27 heavy (non-hydrogen) atoms. The molecule has 0 amide bonds. The lowest BCUT2D eigenvalue weighted by Crippen LogP contribution is -2.01. The van der Waals surface area contributed by atoms with Gasteiger partial charge in [0.25, 0.3) is 0 Å². The van der Waals surface area contributed by atoms with Gasteiger partial charge in [-0.25, -0.2) is 0 Å². The number of hydrogen-bond acceptors (Lipinski definition) is 5. The van der Waals surface area contributed by atoms with Gasteiger partial charge in [-0.15, -0.1) is 0 Å². The van der Waals surface area contributed by atoms with E-state index in [0.717, 1.165) is 23.4 Å². The van der Waals surface area contributed by atoms with Gasteiger partial charge in [-0.05, 0) is 48.5 Å². The summed E-state index contributed by atoms with van der Waals surface area (Å²) in [4.78, 5) is 0. The van der Waals surface area contributed by atoms with Crippen molar-refractivity contribution >= 4 is 18.4 Å². The Balaban J connectivity index is 1.79. The molecule has 140 valence electrons. The van der Waals surface area contributed by atoms with Crippen molar-refractivity contribution in [3.05, 3.63) is 70.3 Å². The fourth-order valence-electron chi connectivity index (χ4n) is 2.52. The van der Waals surface area contributed by atoms with Gasteiger partial charge in [0.1, 0.15) is 6.61 Å². The minimum atomic E-state index is 0.468. The minimum Gasteiger partial charge on any atom is -0.490 e. The highest BCUT2D eigenvalue weighted by Crippen LogP contribution is 2.29. The summed E-state index contributed by atoms with van der Waals surface area (Å²) in [6.45, 7) is 4.98. The Labute approximate surface area is 163 Å². The first-order valence-corrected chi connectivity index (χ1v) is 9.26. The zero-order chi connectivity index (χ0) is 19.1. The lowest BCUT2D eigenvalue weighted by molar-refractivity contribution is 0.269. The van der Waals surface area contributed by atoms with Gasteiger partial charge in [-0.2, -0.15) is 14.9 Å². The molecule has 1 heterocycles. The average molecular weight is 382 g/mol. The first kappa shape index (κ1) is 18.8. The molecule has 0 spiro atoms. The number of hydrogen-bond donors (Lipinski definition) is 1. The van der Waals surface area contributed by atoms with Crippen molar-refractivity contribution in [1.29, 1.82) is 0 Å². The van der Waals surface area contributed by atoms with Crippen LogP contribution in [-0.2, 0) is 13.0 Å². The summed E-state index contributed by atoms with van der Waals surface area (Å²) in [5.74, 6) is 2.17. The predicted molar refractivity (Wildman–Crippen MR) is 108 cm³/mol. The van der Waals surface area contributed by atoms with Gasteiger partial charge in [-0.1, -0.05) is 37.3 Å². The summed E-state index contributed by atoms with van der Waals surface area (Å²) in [5.41, 5.74) is 1.99. The summed E-state index contributed by atoms with van der Waals surface area (Å²) in [5, 5.41) is 11.3. The third-order valence-corrected chi connectivity index (χ3v) is 4.12. The molecule has 0 aliphatic carbocycles. The zero-order valence-corrected chi connectivity index (χ0v) is 16.2. The van der Waals surface area contributed by atoms with Gasteiger partial charge in [0.2, 0.25) is 4.77 Å². The molecule has 3 aromatic rings. The Morgan fingerprint density at radius 3 is 2.67 bits per heavy atom. The van der Waals surface area contributed by atoms with E-state index in [4.69, 9.17) is 21.7 Å².